The normalized spacial score (nSPS) is 9.61. The van der Waals surface area contributed by atoms with E-state index >= 15 is 0 Å². The monoisotopic (exact) mass is 334 g/mol. The number of hydrogen-bond donors (Lipinski definition) is 1. The molecule has 0 unspecified atom stereocenters. The van der Waals surface area contributed by atoms with Gasteiger partial charge in [0.2, 0.25) is 0 Å². The van der Waals surface area contributed by atoms with Crippen molar-refractivity contribution in [3.8, 4) is 5.75 Å². The van der Waals surface area contributed by atoms with Gasteiger partial charge in [0.1, 0.15) is 11.3 Å². The van der Waals surface area contributed by atoms with E-state index in [1.165, 1.54) is 19.3 Å². The number of rotatable bonds is 8. The van der Waals surface area contributed by atoms with E-state index in [4.69, 9.17) is 9.84 Å². The van der Waals surface area contributed by atoms with Crippen LogP contribution in [0.2, 0.25) is 0 Å². The third-order valence-corrected chi connectivity index (χ3v) is 2.62. The number of ether oxygens (including phenoxy) is 1. The first-order chi connectivity index (χ1) is 8.25. The van der Waals surface area contributed by atoms with Gasteiger partial charge in [0.05, 0.1) is 6.61 Å². The molecule has 0 saturated heterocycles. The molecule has 0 heterocycles. The number of carboxylic acids is 1. The third kappa shape index (κ3) is 6.20. The molecular formula is C14H20MoO3. The zero-order valence-electron chi connectivity index (χ0n) is 10.7. The van der Waals surface area contributed by atoms with Crippen molar-refractivity contribution in [2.24, 2.45) is 0 Å². The predicted molar refractivity (Wildman–Crippen MR) is 67.7 cm³/mol. The van der Waals surface area contributed by atoms with E-state index in [9.17, 15) is 4.79 Å². The zero-order chi connectivity index (χ0) is 12.5. The number of para-hydroxylation sites is 1. The Hall–Kier alpha value is -0.822. The topological polar surface area (TPSA) is 46.5 Å². The summed E-state index contributed by atoms with van der Waals surface area (Å²) in [6.45, 7) is 2.77. The summed E-state index contributed by atoms with van der Waals surface area (Å²) >= 11 is 0. The largest absolute Gasteiger partial charge is 0.493 e. The van der Waals surface area contributed by atoms with Crippen LogP contribution in [0.3, 0.4) is 0 Å². The van der Waals surface area contributed by atoms with E-state index in [2.05, 4.69) is 6.92 Å². The van der Waals surface area contributed by atoms with Gasteiger partial charge in [-0.3, -0.25) is 0 Å². The summed E-state index contributed by atoms with van der Waals surface area (Å²) in [5.74, 6) is -0.470. The van der Waals surface area contributed by atoms with Gasteiger partial charge < -0.3 is 9.84 Å². The molecule has 1 aromatic rings. The Bertz CT molecular complexity index is 353. The summed E-state index contributed by atoms with van der Waals surface area (Å²) in [5.41, 5.74) is 0.237. The zero-order valence-corrected chi connectivity index (χ0v) is 12.7. The van der Waals surface area contributed by atoms with Crippen LogP contribution >= 0.6 is 0 Å². The van der Waals surface area contributed by atoms with Gasteiger partial charge in [0.25, 0.3) is 0 Å². The van der Waals surface area contributed by atoms with Gasteiger partial charge in [0.15, 0.2) is 0 Å². The predicted octanol–water partition coefficient (Wildman–Crippen LogP) is 3.73. The van der Waals surface area contributed by atoms with Gasteiger partial charge in [0, 0.05) is 21.1 Å². The summed E-state index contributed by atoms with van der Waals surface area (Å²) < 4.78 is 5.50. The number of hydrogen-bond acceptors (Lipinski definition) is 2. The molecule has 0 aliphatic carbocycles. The number of unbranched alkanes of at least 4 members (excludes halogenated alkanes) is 4. The standard InChI is InChI=1S/C14H20O3.Mo/c1-2-3-4-5-8-11-17-13-10-7-6-9-12(13)14(15)16;/h6-7,9-10H,2-5,8,11H2,1H3,(H,15,16);. The van der Waals surface area contributed by atoms with Crippen molar-refractivity contribution in [1.29, 1.82) is 0 Å². The van der Waals surface area contributed by atoms with Crippen molar-refractivity contribution < 1.29 is 35.7 Å². The van der Waals surface area contributed by atoms with E-state index in [-0.39, 0.29) is 26.6 Å². The minimum Gasteiger partial charge on any atom is -0.493 e. The van der Waals surface area contributed by atoms with Crippen LogP contribution in [-0.4, -0.2) is 17.7 Å². The Morgan fingerprint density at radius 2 is 1.83 bits per heavy atom. The van der Waals surface area contributed by atoms with Crippen molar-refractivity contribution in [1.82, 2.24) is 0 Å². The quantitative estimate of drug-likeness (QED) is 0.583. The van der Waals surface area contributed by atoms with E-state index in [0.717, 1.165) is 12.8 Å². The maximum atomic E-state index is 10.9. The van der Waals surface area contributed by atoms with Crippen molar-refractivity contribution in [3.05, 3.63) is 29.8 Å². The SMILES string of the molecule is CCCCCCCOc1ccccc1C(=O)O.[Mo]. The van der Waals surface area contributed by atoms with Crippen LogP contribution in [0.15, 0.2) is 24.3 Å². The Kier molecular flexibility index (Phi) is 9.67. The van der Waals surface area contributed by atoms with Crippen molar-refractivity contribution in [2.45, 2.75) is 39.0 Å². The minimum atomic E-state index is -0.938. The fourth-order valence-corrected chi connectivity index (χ4v) is 1.66. The van der Waals surface area contributed by atoms with Crippen LogP contribution in [0.4, 0.5) is 0 Å². The molecule has 0 fully saturated rings. The first-order valence-corrected chi connectivity index (χ1v) is 6.20. The molecule has 3 nitrogen and oxygen atoms in total. The minimum absolute atomic E-state index is 0. The fraction of sp³-hybridized carbons (Fsp3) is 0.500. The van der Waals surface area contributed by atoms with Gasteiger partial charge in [-0.1, -0.05) is 44.7 Å². The molecule has 4 heteroatoms. The molecule has 0 saturated carbocycles. The van der Waals surface area contributed by atoms with Gasteiger partial charge in [-0.05, 0) is 18.6 Å². The summed E-state index contributed by atoms with van der Waals surface area (Å²) in [6, 6.07) is 6.76. The molecule has 18 heavy (non-hydrogen) atoms. The van der Waals surface area contributed by atoms with Crippen LogP contribution < -0.4 is 4.74 Å². The smallest absolute Gasteiger partial charge is 0.339 e. The molecule has 0 aliphatic heterocycles. The molecule has 0 aliphatic rings. The molecule has 0 amide bonds. The summed E-state index contributed by atoms with van der Waals surface area (Å²) in [5, 5.41) is 8.96. The van der Waals surface area contributed by atoms with Crippen molar-refractivity contribution in [2.75, 3.05) is 6.61 Å². The molecule has 0 bridgehead atoms. The molecule has 0 radical (unpaired) electrons. The second kappa shape index (κ2) is 10.1. The second-order valence-electron chi connectivity index (χ2n) is 4.06. The van der Waals surface area contributed by atoms with Gasteiger partial charge >= 0.3 is 5.97 Å². The van der Waals surface area contributed by atoms with Crippen molar-refractivity contribution >= 4 is 5.97 Å². The maximum Gasteiger partial charge on any atom is 0.339 e. The first-order valence-electron chi connectivity index (χ1n) is 6.20. The third-order valence-electron chi connectivity index (χ3n) is 2.62. The van der Waals surface area contributed by atoms with E-state index in [0.29, 0.717) is 12.4 Å². The summed E-state index contributed by atoms with van der Waals surface area (Å²) in [7, 11) is 0. The summed E-state index contributed by atoms with van der Waals surface area (Å²) in [4.78, 5) is 10.9. The summed E-state index contributed by atoms with van der Waals surface area (Å²) in [6.07, 6.45) is 5.83. The number of carboxylic acid groups (broad SMARTS) is 1. The first kappa shape index (κ1) is 17.2. The van der Waals surface area contributed by atoms with Crippen LogP contribution in [0, 0.1) is 0 Å². The van der Waals surface area contributed by atoms with Gasteiger partial charge in [-0.15, -0.1) is 0 Å². The molecule has 1 aromatic carbocycles. The average molecular weight is 332 g/mol. The molecule has 100 valence electrons. The van der Waals surface area contributed by atoms with Crippen molar-refractivity contribution in [3.63, 3.8) is 0 Å². The second-order valence-corrected chi connectivity index (χ2v) is 4.06. The maximum absolute atomic E-state index is 10.9. The molecular weight excluding hydrogens is 312 g/mol. The number of carbonyl (C=O) groups is 1. The van der Waals surface area contributed by atoms with E-state index < -0.39 is 5.97 Å². The van der Waals surface area contributed by atoms with Gasteiger partial charge in [-0.25, -0.2) is 4.79 Å². The average Bonchev–Trinajstić information content (AvgIpc) is 2.34. The van der Waals surface area contributed by atoms with Gasteiger partial charge in [-0.2, -0.15) is 0 Å². The number of benzene rings is 1. The Morgan fingerprint density at radius 3 is 2.50 bits per heavy atom. The Balaban J connectivity index is 0.00000289. The number of aromatic carboxylic acids is 1. The van der Waals surface area contributed by atoms with Crippen LogP contribution in [0.1, 0.15) is 49.4 Å². The molecule has 0 aromatic heterocycles. The molecule has 1 rings (SSSR count). The van der Waals surface area contributed by atoms with Crippen LogP contribution in [-0.2, 0) is 21.1 Å². The van der Waals surface area contributed by atoms with Crippen LogP contribution in [0.25, 0.3) is 0 Å². The Morgan fingerprint density at radius 1 is 1.17 bits per heavy atom. The van der Waals surface area contributed by atoms with Crippen LogP contribution in [0.5, 0.6) is 5.75 Å². The fourth-order valence-electron chi connectivity index (χ4n) is 1.66. The van der Waals surface area contributed by atoms with E-state index in [1.807, 2.05) is 0 Å². The Labute approximate surface area is 123 Å². The van der Waals surface area contributed by atoms with E-state index in [1.54, 1.807) is 24.3 Å². The molecule has 0 spiro atoms. The molecule has 0 atom stereocenters. The molecule has 1 N–H and O–H groups in total.